The van der Waals surface area contributed by atoms with Crippen LogP contribution in [0.25, 0.3) is 0 Å². The third-order valence-electron chi connectivity index (χ3n) is 3.08. The first-order chi connectivity index (χ1) is 9.96. The van der Waals surface area contributed by atoms with Gasteiger partial charge in [-0.05, 0) is 51.8 Å². The summed E-state index contributed by atoms with van der Waals surface area (Å²) in [5.74, 6) is 1.33. The van der Waals surface area contributed by atoms with Crippen molar-refractivity contribution in [1.29, 1.82) is 0 Å². The second-order valence-corrected chi connectivity index (χ2v) is 6.14. The summed E-state index contributed by atoms with van der Waals surface area (Å²) in [6.45, 7) is 0. The first-order valence-electron chi connectivity index (χ1n) is 6.09. The minimum atomic E-state index is -0.432. The summed E-state index contributed by atoms with van der Waals surface area (Å²) in [5, 5.41) is 1.08. The second-order valence-electron chi connectivity index (χ2n) is 4.41. The van der Waals surface area contributed by atoms with Gasteiger partial charge in [-0.2, -0.15) is 0 Å². The maximum Gasteiger partial charge on any atom is 0.133 e. The molecule has 0 fully saturated rings. The fourth-order valence-corrected chi connectivity index (χ4v) is 3.09. The fourth-order valence-electron chi connectivity index (χ4n) is 2.06. The van der Waals surface area contributed by atoms with E-state index >= 15 is 0 Å². The van der Waals surface area contributed by atoms with Gasteiger partial charge in [0.05, 0.1) is 24.7 Å². The second kappa shape index (κ2) is 6.88. The molecular formula is C15H14BrCl2NO2. The Balaban J connectivity index is 2.53. The van der Waals surface area contributed by atoms with E-state index in [1.54, 1.807) is 32.4 Å². The topological polar surface area (TPSA) is 44.5 Å². The van der Waals surface area contributed by atoms with Crippen LogP contribution in [0, 0.1) is 0 Å². The summed E-state index contributed by atoms with van der Waals surface area (Å²) in [6, 6.07) is 8.46. The van der Waals surface area contributed by atoms with E-state index < -0.39 is 6.04 Å². The molecular weight excluding hydrogens is 377 g/mol. The first kappa shape index (κ1) is 16.4. The molecule has 0 aliphatic rings. The number of halogens is 3. The van der Waals surface area contributed by atoms with Gasteiger partial charge < -0.3 is 15.2 Å². The minimum absolute atomic E-state index is 0.432. The van der Waals surface area contributed by atoms with Gasteiger partial charge >= 0.3 is 0 Å². The Labute approximate surface area is 142 Å². The highest BCUT2D eigenvalue weighted by Gasteiger charge is 2.18. The van der Waals surface area contributed by atoms with Crippen LogP contribution in [-0.4, -0.2) is 14.2 Å². The normalized spacial score (nSPS) is 12.1. The first-order valence-corrected chi connectivity index (χ1v) is 7.64. The molecule has 2 aromatic carbocycles. The lowest BCUT2D eigenvalue weighted by Gasteiger charge is -2.18. The quantitative estimate of drug-likeness (QED) is 0.813. The van der Waals surface area contributed by atoms with Crippen molar-refractivity contribution in [2.75, 3.05) is 14.2 Å². The molecule has 0 spiro atoms. The average molecular weight is 391 g/mol. The zero-order valence-corrected chi connectivity index (χ0v) is 14.6. The van der Waals surface area contributed by atoms with E-state index in [0.717, 1.165) is 15.6 Å². The van der Waals surface area contributed by atoms with Gasteiger partial charge in [-0.25, -0.2) is 0 Å². The SMILES string of the molecule is COc1cc(C(N)c2cc(Cl)cc(Cl)c2)c(OC)cc1Br. The number of methoxy groups -OCH3 is 2. The van der Waals surface area contributed by atoms with Crippen LogP contribution in [-0.2, 0) is 0 Å². The van der Waals surface area contributed by atoms with E-state index in [1.807, 2.05) is 12.1 Å². The Kier molecular flexibility index (Phi) is 5.38. The van der Waals surface area contributed by atoms with Gasteiger partial charge in [0.25, 0.3) is 0 Å². The molecule has 0 radical (unpaired) electrons. The lowest BCUT2D eigenvalue weighted by Crippen LogP contribution is -2.13. The molecule has 6 heteroatoms. The Hall–Kier alpha value is -0.940. The molecule has 0 heterocycles. The molecule has 1 unspecified atom stereocenters. The van der Waals surface area contributed by atoms with Gasteiger partial charge in [0.15, 0.2) is 0 Å². The Bertz CT molecular complexity index is 644. The maximum atomic E-state index is 6.34. The third-order valence-corrected chi connectivity index (χ3v) is 4.14. The van der Waals surface area contributed by atoms with Crippen LogP contribution in [0.3, 0.4) is 0 Å². The molecule has 0 bridgehead atoms. The van der Waals surface area contributed by atoms with E-state index in [-0.39, 0.29) is 0 Å². The van der Waals surface area contributed by atoms with Crippen LogP contribution in [0.1, 0.15) is 17.2 Å². The average Bonchev–Trinajstić information content (AvgIpc) is 2.45. The van der Waals surface area contributed by atoms with Gasteiger partial charge in [0.1, 0.15) is 11.5 Å². The zero-order chi connectivity index (χ0) is 15.6. The fraction of sp³-hybridized carbons (Fsp3) is 0.200. The standard InChI is InChI=1S/C15H14BrCl2NO2/c1-20-13-7-12(16)14(21-2)6-11(13)15(19)8-3-9(17)5-10(18)4-8/h3-7,15H,19H2,1-2H3. The number of benzene rings is 2. The van der Waals surface area contributed by atoms with E-state index in [2.05, 4.69) is 15.9 Å². The highest BCUT2D eigenvalue weighted by molar-refractivity contribution is 9.10. The number of rotatable bonds is 4. The van der Waals surface area contributed by atoms with Crippen molar-refractivity contribution >= 4 is 39.1 Å². The zero-order valence-electron chi connectivity index (χ0n) is 11.5. The van der Waals surface area contributed by atoms with Crippen molar-refractivity contribution < 1.29 is 9.47 Å². The molecule has 2 rings (SSSR count). The number of hydrogen-bond donors (Lipinski definition) is 1. The molecule has 0 aliphatic heterocycles. The highest BCUT2D eigenvalue weighted by Crippen LogP contribution is 2.38. The van der Waals surface area contributed by atoms with Gasteiger partial charge in [0.2, 0.25) is 0 Å². The summed E-state index contributed by atoms with van der Waals surface area (Å²) < 4.78 is 11.5. The van der Waals surface area contributed by atoms with Crippen LogP contribution in [0.4, 0.5) is 0 Å². The highest BCUT2D eigenvalue weighted by atomic mass is 79.9. The molecule has 0 amide bonds. The van der Waals surface area contributed by atoms with E-state index in [4.69, 9.17) is 38.4 Å². The smallest absolute Gasteiger partial charge is 0.133 e. The molecule has 0 aromatic heterocycles. The molecule has 0 aliphatic carbocycles. The van der Waals surface area contributed by atoms with Crippen molar-refractivity contribution in [1.82, 2.24) is 0 Å². The number of ether oxygens (including phenoxy) is 2. The van der Waals surface area contributed by atoms with Crippen LogP contribution in [0.5, 0.6) is 11.5 Å². The summed E-state index contributed by atoms with van der Waals surface area (Å²) in [6.07, 6.45) is 0. The molecule has 2 N–H and O–H groups in total. The molecule has 1 atom stereocenters. The largest absolute Gasteiger partial charge is 0.496 e. The van der Waals surface area contributed by atoms with E-state index in [9.17, 15) is 0 Å². The minimum Gasteiger partial charge on any atom is -0.496 e. The van der Waals surface area contributed by atoms with Crippen molar-refractivity contribution in [2.24, 2.45) is 5.73 Å². The molecule has 2 aromatic rings. The lowest BCUT2D eigenvalue weighted by atomic mass is 9.98. The summed E-state index contributed by atoms with van der Waals surface area (Å²) >= 11 is 15.5. The maximum absolute atomic E-state index is 6.34. The molecule has 21 heavy (non-hydrogen) atoms. The Morgan fingerprint density at radius 1 is 0.952 bits per heavy atom. The summed E-state index contributed by atoms with van der Waals surface area (Å²) in [4.78, 5) is 0. The lowest BCUT2D eigenvalue weighted by molar-refractivity contribution is 0.395. The van der Waals surface area contributed by atoms with Crippen LogP contribution < -0.4 is 15.2 Å². The van der Waals surface area contributed by atoms with Crippen molar-refractivity contribution in [3.8, 4) is 11.5 Å². The third kappa shape index (κ3) is 3.64. The molecule has 3 nitrogen and oxygen atoms in total. The van der Waals surface area contributed by atoms with Crippen molar-refractivity contribution in [3.05, 3.63) is 56.0 Å². The van der Waals surface area contributed by atoms with Gasteiger partial charge in [-0.15, -0.1) is 0 Å². The van der Waals surface area contributed by atoms with E-state index in [1.165, 1.54) is 0 Å². The van der Waals surface area contributed by atoms with Crippen LogP contribution in [0.15, 0.2) is 34.8 Å². The van der Waals surface area contributed by atoms with Gasteiger partial charge in [-0.3, -0.25) is 0 Å². The van der Waals surface area contributed by atoms with Gasteiger partial charge in [0, 0.05) is 15.6 Å². The molecule has 112 valence electrons. The Morgan fingerprint density at radius 2 is 1.52 bits per heavy atom. The monoisotopic (exact) mass is 389 g/mol. The molecule has 0 saturated heterocycles. The summed E-state index contributed by atoms with van der Waals surface area (Å²) in [7, 11) is 3.19. The van der Waals surface area contributed by atoms with Crippen LogP contribution >= 0.6 is 39.1 Å². The van der Waals surface area contributed by atoms with Crippen molar-refractivity contribution in [2.45, 2.75) is 6.04 Å². The van der Waals surface area contributed by atoms with E-state index in [0.29, 0.717) is 21.5 Å². The summed E-state index contributed by atoms with van der Waals surface area (Å²) in [5.41, 5.74) is 7.92. The van der Waals surface area contributed by atoms with Crippen LogP contribution in [0.2, 0.25) is 10.0 Å². The number of hydrogen-bond acceptors (Lipinski definition) is 3. The Morgan fingerprint density at radius 3 is 2.05 bits per heavy atom. The predicted octanol–water partition coefficient (Wildman–Crippen LogP) is 4.82. The van der Waals surface area contributed by atoms with Gasteiger partial charge in [-0.1, -0.05) is 23.2 Å². The van der Waals surface area contributed by atoms with Crippen molar-refractivity contribution in [3.63, 3.8) is 0 Å². The predicted molar refractivity (Wildman–Crippen MR) is 89.7 cm³/mol. The number of nitrogens with two attached hydrogens (primary N) is 1. The molecule has 0 saturated carbocycles.